The van der Waals surface area contributed by atoms with Crippen LogP contribution in [0.1, 0.15) is 42.7 Å². The van der Waals surface area contributed by atoms with Crippen LogP contribution in [0.3, 0.4) is 0 Å². The van der Waals surface area contributed by atoms with Crippen LogP contribution in [0.4, 0.5) is 0 Å². The standard InChI is InChI=1S/C24H22INO3/c1-14-21(24(28)29-2)22(17-10-6-7-11-18(17)25)23-19(26-14)12-16(13-20(23)27)15-8-4-3-5-9-15/h3-11,16,22,26H,12-13H2,1-2H3/t16-,22-/m0/s1. The summed E-state index contributed by atoms with van der Waals surface area (Å²) in [6.45, 7) is 1.88. The van der Waals surface area contributed by atoms with E-state index in [1.165, 1.54) is 12.7 Å². The summed E-state index contributed by atoms with van der Waals surface area (Å²) in [7, 11) is 1.38. The van der Waals surface area contributed by atoms with Crippen LogP contribution in [-0.4, -0.2) is 18.9 Å². The molecule has 0 unspecified atom stereocenters. The molecule has 0 fully saturated rings. The number of ether oxygens (including phenoxy) is 1. The maximum Gasteiger partial charge on any atom is 0.336 e. The Morgan fingerprint density at radius 1 is 1.07 bits per heavy atom. The van der Waals surface area contributed by atoms with Crippen LogP contribution < -0.4 is 5.32 Å². The molecule has 1 heterocycles. The molecular formula is C24H22INO3. The molecule has 0 bridgehead atoms. The van der Waals surface area contributed by atoms with E-state index in [4.69, 9.17) is 4.74 Å². The molecule has 4 rings (SSSR count). The average Bonchev–Trinajstić information content (AvgIpc) is 2.73. The van der Waals surface area contributed by atoms with Gasteiger partial charge in [-0.3, -0.25) is 4.79 Å². The molecule has 1 aliphatic heterocycles. The number of methoxy groups -OCH3 is 1. The maximum atomic E-state index is 13.4. The lowest BCUT2D eigenvalue weighted by atomic mass is 9.72. The molecule has 0 spiro atoms. The number of rotatable bonds is 3. The monoisotopic (exact) mass is 499 g/mol. The summed E-state index contributed by atoms with van der Waals surface area (Å²) in [6.07, 6.45) is 1.19. The van der Waals surface area contributed by atoms with Gasteiger partial charge in [-0.05, 0) is 59.0 Å². The van der Waals surface area contributed by atoms with Crippen LogP contribution in [0.25, 0.3) is 0 Å². The molecule has 0 saturated carbocycles. The number of halogens is 1. The summed E-state index contributed by atoms with van der Waals surface area (Å²) in [4.78, 5) is 26.1. The fraction of sp³-hybridized carbons (Fsp3) is 0.250. The van der Waals surface area contributed by atoms with Gasteiger partial charge in [0.15, 0.2) is 5.78 Å². The second-order valence-corrected chi connectivity index (χ2v) is 8.60. The lowest BCUT2D eigenvalue weighted by Gasteiger charge is -2.37. The topological polar surface area (TPSA) is 55.4 Å². The Bertz CT molecular complexity index is 1040. The zero-order valence-electron chi connectivity index (χ0n) is 16.4. The fourth-order valence-corrected chi connectivity index (χ4v) is 5.10. The van der Waals surface area contributed by atoms with E-state index in [9.17, 15) is 9.59 Å². The molecule has 2 aromatic rings. The Hall–Kier alpha value is -2.41. The van der Waals surface area contributed by atoms with Gasteiger partial charge in [-0.15, -0.1) is 0 Å². The summed E-state index contributed by atoms with van der Waals surface area (Å²) in [5.41, 5.74) is 5.02. The number of dihydropyridines is 1. The van der Waals surface area contributed by atoms with E-state index in [1.807, 2.05) is 49.4 Å². The number of carbonyl (C=O) groups is 2. The zero-order chi connectivity index (χ0) is 20.5. The minimum Gasteiger partial charge on any atom is -0.466 e. The van der Waals surface area contributed by atoms with Crippen molar-refractivity contribution in [2.75, 3.05) is 7.11 Å². The van der Waals surface area contributed by atoms with Gasteiger partial charge in [0.05, 0.1) is 12.7 Å². The van der Waals surface area contributed by atoms with Crippen molar-refractivity contribution >= 4 is 34.3 Å². The summed E-state index contributed by atoms with van der Waals surface area (Å²) >= 11 is 2.27. The lowest BCUT2D eigenvalue weighted by molar-refractivity contribution is -0.136. The van der Waals surface area contributed by atoms with Crippen molar-refractivity contribution in [1.82, 2.24) is 5.32 Å². The van der Waals surface area contributed by atoms with Gasteiger partial charge in [0.25, 0.3) is 0 Å². The van der Waals surface area contributed by atoms with Crippen molar-refractivity contribution in [3.8, 4) is 0 Å². The van der Waals surface area contributed by atoms with Crippen molar-refractivity contribution < 1.29 is 14.3 Å². The molecule has 0 saturated heterocycles. The first-order valence-corrected chi connectivity index (χ1v) is 10.7. The third-order valence-corrected chi connectivity index (χ3v) is 6.70. The largest absolute Gasteiger partial charge is 0.466 e. The van der Waals surface area contributed by atoms with Crippen molar-refractivity contribution in [3.05, 3.63) is 91.8 Å². The molecule has 2 aliphatic rings. The van der Waals surface area contributed by atoms with Crippen LogP contribution in [0.5, 0.6) is 0 Å². The molecule has 0 amide bonds. The summed E-state index contributed by atoms with van der Waals surface area (Å²) in [5.74, 6) is -0.579. The highest BCUT2D eigenvalue weighted by atomic mass is 127. The lowest BCUT2D eigenvalue weighted by Crippen LogP contribution is -2.36. The molecule has 1 aliphatic carbocycles. The highest BCUT2D eigenvalue weighted by Gasteiger charge is 2.41. The van der Waals surface area contributed by atoms with Crippen LogP contribution in [-0.2, 0) is 14.3 Å². The first kappa shape index (κ1) is 19.9. The number of hydrogen-bond donors (Lipinski definition) is 1. The van der Waals surface area contributed by atoms with Crippen LogP contribution in [0, 0.1) is 3.57 Å². The SMILES string of the molecule is COC(=O)C1=C(C)NC2=C(C(=O)C[C@@H](c3ccccc3)C2)[C@H]1c1ccccc1I. The number of Topliss-reactive ketones (excluding diaryl/α,β-unsaturated/α-hetero) is 1. The van der Waals surface area contributed by atoms with E-state index in [0.717, 1.165) is 26.9 Å². The zero-order valence-corrected chi connectivity index (χ0v) is 18.5. The first-order valence-electron chi connectivity index (χ1n) is 9.63. The maximum absolute atomic E-state index is 13.4. The van der Waals surface area contributed by atoms with E-state index in [-0.39, 0.29) is 11.7 Å². The second kappa shape index (κ2) is 8.14. The molecule has 5 heteroatoms. The number of carbonyl (C=O) groups excluding carboxylic acids is 2. The quantitative estimate of drug-likeness (QED) is 0.486. The van der Waals surface area contributed by atoms with Gasteiger partial charge < -0.3 is 10.1 Å². The Labute approximate surface area is 184 Å². The van der Waals surface area contributed by atoms with Gasteiger partial charge in [-0.1, -0.05) is 48.5 Å². The van der Waals surface area contributed by atoms with E-state index in [2.05, 4.69) is 40.0 Å². The molecular weight excluding hydrogens is 477 g/mol. The van der Waals surface area contributed by atoms with E-state index in [0.29, 0.717) is 17.6 Å². The van der Waals surface area contributed by atoms with Gasteiger partial charge in [0.1, 0.15) is 0 Å². The number of benzene rings is 2. The molecule has 1 N–H and O–H groups in total. The number of nitrogens with one attached hydrogen (secondary N) is 1. The van der Waals surface area contributed by atoms with Gasteiger partial charge in [-0.2, -0.15) is 0 Å². The minimum atomic E-state index is -0.406. The predicted octanol–water partition coefficient (Wildman–Crippen LogP) is 4.83. The second-order valence-electron chi connectivity index (χ2n) is 7.44. The van der Waals surface area contributed by atoms with Crippen molar-refractivity contribution in [3.63, 3.8) is 0 Å². The third-order valence-electron chi connectivity index (χ3n) is 5.72. The molecule has 2 aromatic carbocycles. The normalized spacial score (nSPS) is 21.6. The summed E-state index contributed by atoms with van der Waals surface area (Å²) in [5, 5.41) is 3.37. The average molecular weight is 499 g/mol. The minimum absolute atomic E-state index is 0.0890. The van der Waals surface area contributed by atoms with E-state index < -0.39 is 11.9 Å². The number of esters is 1. The Morgan fingerprint density at radius 2 is 1.76 bits per heavy atom. The highest BCUT2D eigenvalue weighted by Crippen LogP contribution is 2.46. The molecule has 2 atom stereocenters. The van der Waals surface area contributed by atoms with Crippen molar-refractivity contribution in [2.45, 2.75) is 31.6 Å². The molecule has 148 valence electrons. The number of ketones is 1. The van der Waals surface area contributed by atoms with Gasteiger partial charge in [0.2, 0.25) is 0 Å². The molecule has 29 heavy (non-hydrogen) atoms. The van der Waals surface area contributed by atoms with Gasteiger partial charge in [-0.25, -0.2) is 4.79 Å². The van der Waals surface area contributed by atoms with Crippen LogP contribution >= 0.6 is 22.6 Å². The summed E-state index contributed by atoms with van der Waals surface area (Å²) in [6, 6.07) is 18.1. The van der Waals surface area contributed by atoms with Crippen LogP contribution in [0.2, 0.25) is 0 Å². The Morgan fingerprint density at radius 3 is 2.45 bits per heavy atom. The molecule has 4 nitrogen and oxygen atoms in total. The highest BCUT2D eigenvalue weighted by molar-refractivity contribution is 14.1. The Balaban J connectivity index is 1.84. The van der Waals surface area contributed by atoms with Crippen LogP contribution in [0.15, 0.2) is 77.1 Å². The number of allylic oxidation sites excluding steroid dienone is 3. The van der Waals surface area contributed by atoms with Gasteiger partial charge >= 0.3 is 5.97 Å². The smallest absolute Gasteiger partial charge is 0.336 e. The van der Waals surface area contributed by atoms with Gasteiger partial charge in [0, 0.05) is 32.9 Å². The van der Waals surface area contributed by atoms with Crippen molar-refractivity contribution in [2.24, 2.45) is 0 Å². The van der Waals surface area contributed by atoms with E-state index in [1.54, 1.807) is 0 Å². The number of hydrogen-bond acceptors (Lipinski definition) is 4. The van der Waals surface area contributed by atoms with E-state index >= 15 is 0 Å². The predicted molar refractivity (Wildman–Crippen MR) is 120 cm³/mol. The molecule has 0 aromatic heterocycles. The fourth-order valence-electron chi connectivity index (χ4n) is 4.40. The Kier molecular flexibility index (Phi) is 5.58. The summed E-state index contributed by atoms with van der Waals surface area (Å²) < 4.78 is 6.11. The molecule has 0 radical (unpaired) electrons. The van der Waals surface area contributed by atoms with Crippen molar-refractivity contribution in [1.29, 1.82) is 0 Å². The first-order chi connectivity index (χ1) is 14.0. The third kappa shape index (κ3) is 3.64.